The zero-order valence-corrected chi connectivity index (χ0v) is 17.2. The second kappa shape index (κ2) is 8.15. The lowest BCUT2D eigenvalue weighted by Crippen LogP contribution is -2.29. The standard InChI is InChI=1S/C23H17ClF3N3O/c1-14(13-15-7-3-2-4-8-15)30-21(16-9-5-6-10-17(16)24)29-18-11-12-28-20(23(25,26)27)19(18)22(30)31/h2-12,14H,13H2,1H3/t14-/m1/s1. The summed E-state index contributed by atoms with van der Waals surface area (Å²) in [6.45, 7) is 1.77. The number of pyridine rings is 1. The molecule has 0 aliphatic rings. The Bertz CT molecular complexity index is 1300. The van der Waals surface area contributed by atoms with Gasteiger partial charge in [-0.15, -0.1) is 0 Å². The minimum absolute atomic E-state index is 0.0783. The predicted molar refractivity (Wildman–Crippen MR) is 114 cm³/mol. The molecule has 0 saturated heterocycles. The molecule has 0 amide bonds. The van der Waals surface area contributed by atoms with E-state index in [2.05, 4.69) is 9.97 Å². The smallest absolute Gasteiger partial charge is 0.289 e. The van der Waals surface area contributed by atoms with Crippen molar-refractivity contribution in [2.45, 2.75) is 25.6 Å². The zero-order valence-electron chi connectivity index (χ0n) is 16.4. The molecular formula is C23H17ClF3N3O. The molecule has 0 saturated carbocycles. The average molecular weight is 444 g/mol. The number of halogens is 4. The summed E-state index contributed by atoms with van der Waals surface area (Å²) in [4.78, 5) is 21.4. The van der Waals surface area contributed by atoms with Crippen molar-refractivity contribution in [3.05, 3.63) is 93.5 Å². The maximum atomic E-state index is 13.6. The molecule has 0 radical (unpaired) electrons. The monoisotopic (exact) mass is 443 g/mol. The molecule has 31 heavy (non-hydrogen) atoms. The van der Waals surface area contributed by atoms with Crippen molar-refractivity contribution in [1.29, 1.82) is 0 Å². The van der Waals surface area contributed by atoms with Gasteiger partial charge in [0, 0.05) is 17.8 Å². The Morgan fingerprint density at radius 2 is 1.71 bits per heavy atom. The summed E-state index contributed by atoms with van der Waals surface area (Å²) in [6, 6.07) is 17.0. The molecule has 1 atom stereocenters. The Morgan fingerprint density at radius 1 is 1.03 bits per heavy atom. The van der Waals surface area contributed by atoms with Gasteiger partial charge in [-0.1, -0.05) is 54.1 Å². The normalized spacial score (nSPS) is 12.8. The summed E-state index contributed by atoms with van der Waals surface area (Å²) >= 11 is 6.36. The summed E-state index contributed by atoms with van der Waals surface area (Å²) in [5.41, 5.74) is -0.717. The van der Waals surface area contributed by atoms with E-state index in [1.807, 2.05) is 30.3 Å². The minimum atomic E-state index is -4.78. The number of aromatic nitrogens is 3. The van der Waals surface area contributed by atoms with E-state index < -0.39 is 28.9 Å². The first-order chi connectivity index (χ1) is 14.8. The molecule has 4 rings (SSSR count). The van der Waals surface area contributed by atoms with Crippen molar-refractivity contribution in [3.63, 3.8) is 0 Å². The van der Waals surface area contributed by atoms with Crippen LogP contribution in [0.5, 0.6) is 0 Å². The quantitative estimate of drug-likeness (QED) is 0.392. The van der Waals surface area contributed by atoms with Gasteiger partial charge in [-0.25, -0.2) is 4.98 Å². The lowest BCUT2D eigenvalue weighted by Gasteiger charge is -2.21. The molecule has 4 nitrogen and oxygen atoms in total. The minimum Gasteiger partial charge on any atom is -0.289 e. The van der Waals surface area contributed by atoms with Crippen molar-refractivity contribution in [2.75, 3.05) is 0 Å². The maximum absolute atomic E-state index is 13.6. The lowest BCUT2D eigenvalue weighted by molar-refractivity contribution is -0.139. The highest BCUT2D eigenvalue weighted by molar-refractivity contribution is 6.33. The van der Waals surface area contributed by atoms with Gasteiger partial charge < -0.3 is 0 Å². The highest BCUT2D eigenvalue weighted by Gasteiger charge is 2.36. The molecule has 0 bridgehead atoms. The Hall–Kier alpha value is -3.19. The van der Waals surface area contributed by atoms with E-state index in [0.29, 0.717) is 17.0 Å². The topological polar surface area (TPSA) is 47.8 Å². The number of hydrogen-bond donors (Lipinski definition) is 0. The van der Waals surface area contributed by atoms with Gasteiger partial charge in [-0.2, -0.15) is 13.2 Å². The molecule has 0 unspecified atom stereocenters. The highest BCUT2D eigenvalue weighted by Crippen LogP contribution is 2.34. The predicted octanol–water partition coefficient (Wildman–Crippen LogP) is 5.93. The molecule has 8 heteroatoms. The Kier molecular flexibility index (Phi) is 5.54. The molecule has 0 aliphatic carbocycles. The molecule has 2 heterocycles. The van der Waals surface area contributed by atoms with Crippen molar-refractivity contribution in [3.8, 4) is 11.4 Å². The molecule has 2 aromatic heterocycles. The lowest BCUT2D eigenvalue weighted by atomic mass is 10.1. The van der Waals surface area contributed by atoms with Gasteiger partial charge in [0.1, 0.15) is 5.82 Å². The van der Waals surface area contributed by atoms with Crippen molar-refractivity contribution >= 4 is 22.5 Å². The van der Waals surface area contributed by atoms with Crippen molar-refractivity contribution in [1.82, 2.24) is 14.5 Å². The van der Waals surface area contributed by atoms with Gasteiger partial charge in [-0.05, 0) is 37.1 Å². The fourth-order valence-electron chi connectivity index (χ4n) is 3.64. The van der Waals surface area contributed by atoms with Crippen LogP contribution in [0.2, 0.25) is 5.02 Å². The zero-order chi connectivity index (χ0) is 22.2. The third-order valence-corrected chi connectivity index (χ3v) is 5.34. The number of fused-ring (bicyclic) bond motifs is 1. The fourth-order valence-corrected chi connectivity index (χ4v) is 3.86. The molecule has 0 N–H and O–H groups in total. The van der Waals surface area contributed by atoms with E-state index in [1.165, 1.54) is 10.6 Å². The van der Waals surface area contributed by atoms with Gasteiger partial charge in [-0.3, -0.25) is 14.3 Å². The first kappa shape index (κ1) is 21.1. The second-order valence-corrected chi connectivity index (χ2v) is 7.59. The third kappa shape index (κ3) is 4.05. The van der Waals surface area contributed by atoms with Crippen LogP contribution in [-0.4, -0.2) is 14.5 Å². The number of nitrogens with zero attached hydrogens (tertiary/aromatic N) is 3. The first-order valence-electron chi connectivity index (χ1n) is 9.54. The molecular weight excluding hydrogens is 427 g/mol. The number of rotatable bonds is 4. The van der Waals surface area contributed by atoms with E-state index in [0.717, 1.165) is 11.8 Å². The molecule has 0 fully saturated rings. The summed E-state index contributed by atoms with van der Waals surface area (Å²) < 4.78 is 42.1. The van der Waals surface area contributed by atoms with Gasteiger partial charge in [0.15, 0.2) is 5.69 Å². The number of hydrogen-bond acceptors (Lipinski definition) is 3. The van der Waals surface area contributed by atoms with Gasteiger partial charge in [0.2, 0.25) is 0 Å². The van der Waals surface area contributed by atoms with Crippen LogP contribution in [-0.2, 0) is 12.6 Å². The second-order valence-electron chi connectivity index (χ2n) is 7.18. The van der Waals surface area contributed by atoms with Crippen LogP contribution in [0, 0.1) is 0 Å². The Labute approximate surface area is 181 Å². The van der Waals surface area contributed by atoms with Crippen LogP contribution in [0.4, 0.5) is 13.2 Å². The van der Waals surface area contributed by atoms with Gasteiger partial charge >= 0.3 is 6.18 Å². The molecule has 158 valence electrons. The highest BCUT2D eigenvalue weighted by atomic mass is 35.5. The summed E-state index contributed by atoms with van der Waals surface area (Å²) in [5.74, 6) is 0.214. The van der Waals surface area contributed by atoms with E-state index in [4.69, 9.17) is 11.6 Å². The number of alkyl halides is 3. The maximum Gasteiger partial charge on any atom is 0.434 e. The summed E-state index contributed by atoms with van der Waals surface area (Å²) in [7, 11) is 0. The van der Waals surface area contributed by atoms with Crippen molar-refractivity contribution < 1.29 is 13.2 Å². The molecule has 0 spiro atoms. The fraction of sp³-hybridized carbons (Fsp3) is 0.174. The van der Waals surface area contributed by atoms with Crippen LogP contribution >= 0.6 is 11.6 Å². The molecule has 2 aromatic carbocycles. The van der Waals surface area contributed by atoms with Crippen molar-refractivity contribution in [2.24, 2.45) is 0 Å². The van der Waals surface area contributed by atoms with Crippen LogP contribution in [0.3, 0.4) is 0 Å². The van der Waals surface area contributed by atoms with Gasteiger partial charge in [0.05, 0.1) is 15.9 Å². The van der Waals surface area contributed by atoms with Crippen LogP contribution < -0.4 is 5.56 Å². The summed E-state index contributed by atoms with van der Waals surface area (Å²) in [6.07, 6.45) is -3.36. The van der Waals surface area contributed by atoms with E-state index in [1.54, 1.807) is 31.2 Å². The molecule has 0 aliphatic heterocycles. The van der Waals surface area contributed by atoms with E-state index >= 15 is 0 Å². The van der Waals surface area contributed by atoms with Crippen LogP contribution in [0.1, 0.15) is 24.2 Å². The molecule has 4 aromatic rings. The first-order valence-corrected chi connectivity index (χ1v) is 9.92. The van der Waals surface area contributed by atoms with Gasteiger partial charge in [0.25, 0.3) is 5.56 Å². The SMILES string of the molecule is C[C@H](Cc1ccccc1)n1c(-c2ccccc2Cl)nc2ccnc(C(F)(F)F)c2c1=O. The van der Waals surface area contributed by atoms with E-state index in [-0.39, 0.29) is 11.3 Å². The number of benzene rings is 2. The Balaban J connectivity index is 2.03. The Morgan fingerprint density at radius 3 is 2.39 bits per heavy atom. The third-order valence-electron chi connectivity index (χ3n) is 5.01. The van der Waals surface area contributed by atoms with E-state index in [9.17, 15) is 18.0 Å². The largest absolute Gasteiger partial charge is 0.434 e. The summed E-state index contributed by atoms with van der Waals surface area (Å²) in [5, 5.41) is -0.203. The van der Waals surface area contributed by atoms with Crippen LogP contribution in [0.25, 0.3) is 22.3 Å². The average Bonchev–Trinajstić information content (AvgIpc) is 2.73. The van der Waals surface area contributed by atoms with Crippen LogP contribution in [0.15, 0.2) is 71.7 Å².